The van der Waals surface area contributed by atoms with E-state index in [1.807, 2.05) is 18.8 Å². The summed E-state index contributed by atoms with van der Waals surface area (Å²) in [5.74, 6) is 4.34. The fraction of sp³-hybridized carbons (Fsp3) is 0.435. The number of hydrogen-bond donors (Lipinski definition) is 2. The molecule has 0 saturated carbocycles. The molecule has 7 heteroatoms. The summed E-state index contributed by atoms with van der Waals surface area (Å²) in [6.07, 6.45) is 1.99. The van der Waals surface area contributed by atoms with Crippen LogP contribution in [0.1, 0.15) is 16.7 Å². The van der Waals surface area contributed by atoms with Crippen molar-refractivity contribution in [1.29, 1.82) is 0 Å². The van der Waals surface area contributed by atoms with Crippen molar-refractivity contribution in [1.82, 2.24) is 10.6 Å². The minimum absolute atomic E-state index is 0. The van der Waals surface area contributed by atoms with Gasteiger partial charge < -0.3 is 20.3 Å². The Labute approximate surface area is 201 Å². The maximum atomic E-state index is 5.58. The molecule has 2 aliphatic rings. The zero-order valence-electron chi connectivity index (χ0n) is 17.5. The molecule has 1 fully saturated rings. The summed E-state index contributed by atoms with van der Waals surface area (Å²) >= 11 is 2.04. The number of anilines is 1. The first-order valence-corrected chi connectivity index (χ1v) is 11.6. The van der Waals surface area contributed by atoms with Crippen LogP contribution < -0.4 is 20.3 Å². The van der Waals surface area contributed by atoms with Crippen molar-refractivity contribution in [3.63, 3.8) is 0 Å². The predicted molar refractivity (Wildman–Crippen MR) is 139 cm³/mol. The Balaban J connectivity index is 0.00000256. The number of ether oxygens (including phenoxy) is 1. The second kappa shape index (κ2) is 11.7. The van der Waals surface area contributed by atoms with E-state index in [1.165, 1.54) is 33.9 Å². The van der Waals surface area contributed by atoms with Gasteiger partial charge in [0.2, 0.25) is 0 Å². The van der Waals surface area contributed by atoms with Crippen LogP contribution in [0.3, 0.4) is 0 Å². The lowest BCUT2D eigenvalue weighted by Gasteiger charge is -2.28. The molecule has 1 saturated heterocycles. The van der Waals surface area contributed by atoms with E-state index in [0.717, 1.165) is 57.3 Å². The number of rotatable bonds is 6. The molecule has 162 valence electrons. The van der Waals surface area contributed by atoms with Gasteiger partial charge in [-0.2, -0.15) is 11.8 Å². The first kappa shape index (κ1) is 23.1. The molecule has 2 aliphatic heterocycles. The molecule has 0 aromatic heterocycles. The molecule has 0 bridgehead atoms. The molecule has 0 atom stereocenters. The molecule has 4 rings (SSSR count). The Hall–Kier alpha value is -1.61. The van der Waals surface area contributed by atoms with E-state index >= 15 is 0 Å². The van der Waals surface area contributed by atoms with Crippen molar-refractivity contribution >= 4 is 47.4 Å². The van der Waals surface area contributed by atoms with Crippen LogP contribution in [0, 0.1) is 0 Å². The SMILES string of the molecule is CN=C(NCCc1ccc2c(c1)CCO2)NCc1ccc(N2CCSCC2)cc1.I. The number of nitrogens with zero attached hydrogens (tertiary/aromatic N) is 2. The number of guanidine groups is 1. The predicted octanol–water partition coefficient (Wildman–Crippen LogP) is 3.70. The first-order valence-electron chi connectivity index (χ1n) is 10.4. The molecule has 0 radical (unpaired) electrons. The Kier molecular flexibility index (Phi) is 8.99. The van der Waals surface area contributed by atoms with E-state index in [2.05, 4.69) is 63.0 Å². The third-order valence-corrected chi connectivity index (χ3v) is 6.40. The number of aliphatic imine (C=N–C) groups is 1. The van der Waals surface area contributed by atoms with Crippen LogP contribution in [0.5, 0.6) is 5.75 Å². The summed E-state index contributed by atoms with van der Waals surface area (Å²) in [7, 11) is 1.82. The van der Waals surface area contributed by atoms with Gasteiger partial charge in [-0.25, -0.2) is 0 Å². The number of hydrogen-bond acceptors (Lipinski definition) is 4. The highest BCUT2D eigenvalue weighted by Crippen LogP contribution is 2.26. The summed E-state index contributed by atoms with van der Waals surface area (Å²) < 4.78 is 5.58. The maximum Gasteiger partial charge on any atom is 0.191 e. The minimum Gasteiger partial charge on any atom is -0.493 e. The van der Waals surface area contributed by atoms with Crippen molar-refractivity contribution in [2.75, 3.05) is 49.7 Å². The summed E-state index contributed by atoms with van der Waals surface area (Å²) in [4.78, 5) is 6.82. The highest BCUT2D eigenvalue weighted by molar-refractivity contribution is 14.0. The van der Waals surface area contributed by atoms with Crippen molar-refractivity contribution in [3.8, 4) is 5.75 Å². The van der Waals surface area contributed by atoms with Gasteiger partial charge in [0.25, 0.3) is 0 Å². The van der Waals surface area contributed by atoms with Gasteiger partial charge in [0, 0.05) is 56.8 Å². The number of nitrogens with one attached hydrogen (secondary N) is 2. The summed E-state index contributed by atoms with van der Waals surface area (Å²) in [5.41, 5.74) is 5.26. The fourth-order valence-electron chi connectivity index (χ4n) is 3.77. The van der Waals surface area contributed by atoms with Crippen LogP contribution in [-0.4, -0.2) is 50.8 Å². The second-order valence-corrected chi connectivity index (χ2v) is 8.63. The quantitative estimate of drug-likeness (QED) is 0.334. The normalized spacial score (nSPS) is 15.8. The van der Waals surface area contributed by atoms with Crippen LogP contribution in [0.4, 0.5) is 5.69 Å². The third-order valence-electron chi connectivity index (χ3n) is 5.46. The van der Waals surface area contributed by atoms with Gasteiger partial charge in [-0.15, -0.1) is 24.0 Å². The second-order valence-electron chi connectivity index (χ2n) is 7.41. The monoisotopic (exact) mass is 538 g/mol. The van der Waals surface area contributed by atoms with Crippen LogP contribution in [-0.2, 0) is 19.4 Å². The zero-order valence-corrected chi connectivity index (χ0v) is 20.7. The Morgan fingerprint density at radius 1 is 1.07 bits per heavy atom. The Bertz CT molecular complexity index is 838. The molecule has 0 spiro atoms. The smallest absolute Gasteiger partial charge is 0.191 e. The zero-order chi connectivity index (χ0) is 19.9. The molecular weight excluding hydrogens is 507 g/mol. The van der Waals surface area contributed by atoms with Gasteiger partial charge in [0.15, 0.2) is 5.96 Å². The van der Waals surface area contributed by atoms with Crippen LogP contribution >= 0.6 is 35.7 Å². The molecular formula is C23H31IN4OS. The summed E-state index contributed by atoms with van der Waals surface area (Å²) in [6, 6.07) is 15.4. The average Bonchev–Trinajstić information content (AvgIpc) is 3.25. The number of halogens is 1. The minimum atomic E-state index is 0. The molecule has 2 aromatic rings. The lowest BCUT2D eigenvalue weighted by Crippen LogP contribution is -2.37. The number of fused-ring (bicyclic) bond motifs is 1. The molecule has 0 unspecified atom stereocenters. The van der Waals surface area contributed by atoms with Crippen molar-refractivity contribution < 1.29 is 4.74 Å². The third kappa shape index (κ3) is 6.20. The molecule has 0 aliphatic carbocycles. The highest BCUT2D eigenvalue weighted by atomic mass is 127. The van der Waals surface area contributed by atoms with E-state index < -0.39 is 0 Å². The van der Waals surface area contributed by atoms with Gasteiger partial charge in [-0.05, 0) is 41.3 Å². The van der Waals surface area contributed by atoms with E-state index in [1.54, 1.807) is 0 Å². The maximum absolute atomic E-state index is 5.58. The number of thioether (sulfide) groups is 1. The fourth-order valence-corrected chi connectivity index (χ4v) is 4.68. The van der Waals surface area contributed by atoms with E-state index in [-0.39, 0.29) is 24.0 Å². The standard InChI is InChI=1S/C23H30N4OS.HI/c1-24-23(25-10-8-18-4-7-22-20(16-18)9-13-28-22)26-17-19-2-5-21(6-3-19)27-11-14-29-15-12-27;/h2-7,16H,8-15,17H2,1H3,(H2,24,25,26);1H. The summed E-state index contributed by atoms with van der Waals surface area (Å²) in [5, 5.41) is 6.83. The van der Waals surface area contributed by atoms with Gasteiger partial charge in [0.05, 0.1) is 6.61 Å². The summed E-state index contributed by atoms with van der Waals surface area (Å²) in [6.45, 7) is 4.73. The van der Waals surface area contributed by atoms with Gasteiger partial charge >= 0.3 is 0 Å². The van der Waals surface area contributed by atoms with Crippen molar-refractivity contribution in [2.45, 2.75) is 19.4 Å². The van der Waals surface area contributed by atoms with E-state index in [9.17, 15) is 0 Å². The van der Waals surface area contributed by atoms with Crippen LogP contribution in [0.25, 0.3) is 0 Å². The molecule has 0 amide bonds. The molecule has 30 heavy (non-hydrogen) atoms. The molecule has 2 heterocycles. The lowest BCUT2D eigenvalue weighted by molar-refractivity contribution is 0.357. The first-order chi connectivity index (χ1) is 14.3. The average molecular weight is 538 g/mol. The van der Waals surface area contributed by atoms with Gasteiger partial charge in [-0.1, -0.05) is 24.3 Å². The molecule has 2 aromatic carbocycles. The van der Waals surface area contributed by atoms with Crippen LogP contribution in [0.2, 0.25) is 0 Å². The van der Waals surface area contributed by atoms with Crippen LogP contribution in [0.15, 0.2) is 47.5 Å². The van der Waals surface area contributed by atoms with E-state index in [4.69, 9.17) is 4.74 Å². The molecule has 2 N–H and O–H groups in total. The Morgan fingerprint density at radius 2 is 1.83 bits per heavy atom. The van der Waals surface area contributed by atoms with E-state index in [0.29, 0.717) is 0 Å². The van der Waals surface area contributed by atoms with Gasteiger partial charge in [0.1, 0.15) is 5.75 Å². The van der Waals surface area contributed by atoms with Gasteiger partial charge in [-0.3, -0.25) is 4.99 Å². The topological polar surface area (TPSA) is 48.9 Å². The van der Waals surface area contributed by atoms with Crippen molar-refractivity contribution in [3.05, 3.63) is 59.2 Å². The lowest BCUT2D eigenvalue weighted by atomic mass is 10.1. The largest absolute Gasteiger partial charge is 0.493 e. The Morgan fingerprint density at radius 3 is 2.60 bits per heavy atom. The van der Waals surface area contributed by atoms with Crippen molar-refractivity contribution in [2.24, 2.45) is 4.99 Å². The highest BCUT2D eigenvalue weighted by Gasteiger charge is 2.12. The molecule has 5 nitrogen and oxygen atoms in total. The number of benzene rings is 2.